The highest BCUT2D eigenvalue weighted by Crippen LogP contribution is 2.35. The third-order valence-corrected chi connectivity index (χ3v) is 7.94. The number of piperidine rings is 1. The van der Waals surface area contributed by atoms with Crippen LogP contribution in [0.4, 0.5) is 16.2 Å². The predicted molar refractivity (Wildman–Crippen MR) is 113 cm³/mol. The van der Waals surface area contributed by atoms with Gasteiger partial charge in [-0.25, -0.2) is 13.2 Å². The fourth-order valence-corrected chi connectivity index (χ4v) is 5.99. The number of hydrogen-bond donors (Lipinski definition) is 0. The molecule has 10 heteroatoms. The Morgan fingerprint density at radius 3 is 2.48 bits per heavy atom. The average molecular weight is 445 g/mol. The topological polar surface area (TPSA) is 110 Å². The van der Waals surface area contributed by atoms with E-state index in [1.54, 1.807) is 11.8 Å². The highest BCUT2D eigenvalue weighted by Gasteiger charge is 2.38. The van der Waals surface area contributed by atoms with Gasteiger partial charge in [0.2, 0.25) is 10.0 Å². The standard InChI is InChI=1S/C21H23N3O6S/c1-14-6-7-18(24(26)27)12-19(14)31(28,29)22-10-8-17(9-11-22)23-20-15(2)4-3-5-16(20)13-30-21(23)25/h3-7,12,17H,8-11,13H2,1-2H3. The molecule has 31 heavy (non-hydrogen) atoms. The zero-order chi connectivity index (χ0) is 22.3. The number of carbonyl (C=O) groups excluding carboxylic acids is 1. The SMILES string of the molecule is Cc1ccc([N+](=O)[O-])cc1S(=O)(=O)N1CCC(N2C(=O)OCc3cccc(C)c32)CC1. The highest BCUT2D eigenvalue weighted by atomic mass is 32.2. The second-order valence-electron chi connectivity index (χ2n) is 7.85. The van der Waals surface area contributed by atoms with Crippen molar-refractivity contribution in [1.82, 2.24) is 4.31 Å². The van der Waals surface area contributed by atoms with Crippen molar-refractivity contribution < 1.29 is 22.9 Å². The number of fused-ring (bicyclic) bond motifs is 1. The van der Waals surface area contributed by atoms with Gasteiger partial charge in [0.15, 0.2) is 0 Å². The summed E-state index contributed by atoms with van der Waals surface area (Å²) in [6.07, 6.45) is 0.462. The molecule has 0 atom stereocenters. The van der Waals surface area contributed by atoms with E-state index in [-0.39, 0.29) is 36.3 Å². The number of anilines is 1. The maximum Gasteiger partial charge on any atom is 0.414 e. The third-order valence-electron chi connectivity index (χ3n) is 5.90. The molecule has 2 aromatic rings. The van der Waals surface area contributed by atoms with E-state index in [0.29, 0.717) is 18.4 Å². The van der Waals surface area contributed by atoms with Crippen LogP contribution in [0.15, 0.2) is 41.3 Å². The van der Waals surface area contributed by atoms with E-state index in [1.165, 1.54) is 16.4 Å². The molecule has 2 heterocycles. The smallest absolute Gasteiger partial charge is 0.414 e. The van der Waals surface area contributed by atoms with Crippen LogP contribution in [0.3, 0.4) is 0 Å². The van der Waals surface area contributed by atoms with E-state index in [9.17, 15) is 23.3 Å². The molecule has 1 fully saturated rings. The normalized spacial score (nSPS) is 17.9. The number of carbonyl (C=O) groups is 1. The molecule has 0 saturated carbocycles. The summed E-state index contributed by atoms with van der Waals surface area (Å²) in [7, 11) is -3.89. The molecule has 0 unspecified atom stereocenters. The fraction of sp³-hybridized carbons (Fsp3) is 0.381. The van der Waals surface area contributed by atoms with E-state index in [2.05, 4.69) is 0 Å². The second-order valence-corrected chi connectivity index (χ2v) is 9.76. The van der Waals surface area contributed by atoms with Gasteiger partial charge in [0, 0.05) is 36.8 Å². The van der Waals surface area contributed by atoms with Crippen LogP contribution in [0.25, 0.3) is 0 Å². The second kappa shape index (κ2) is 7.93. The summed E-state index contributed by atoms with van der Waals surface area (Å²) in [6, 6.07) is 9.44. The first kappa shape index (κ1) is 21.3. The Balaban J connectivity index is 1.57. The molecular formula is C21H23N3O6S. The number of sulfonamides is 1. The van der Waals surface area contributed by atoms with E-state index < -0.39 is 21.0 Å². The Bertz CT molecular complexity index is 1160. The molecule has 2 aromatic carbocycles. The largest absolute Gasteiger partial charge is 0.444 e. The van der Waals surface area contributed by atoms with Gasteiger partial charge in [-0.1, -0.05) is 24.3 Å². The van der Waals surface area contributed by atoms with Crippen molar-refractivity contribution >= 4 is 27.5 Å². The number of nitro benzene ring substituents is 1. The summed E-state index contributed by atoms with van der Waals surface area (Å²) in [5.74, 6) is 0. The molecule has 0 radical (unpaired) electrons. The Morgan fingerprint density at radius 1 is 1.10 bits per heavy atom. The Labute approximate surface area is 180 Å². The lowest BCUT2D eigenvalue weighted by molar-refractivity contribution is -0.385. The van der Waals surface area contributed by atoms with Crippen LogP contribution >= 0.6 is 0 Å². The number of para-hydroxylation sites is 1. The highest BCUT2D eigenvalue weighted by molar-refractivity contribution is 7.89. The molecule has 0 bridgehead atoms. The Morgan fingerprint density at radius 2 is 1.81 bits per heavy atom. The maximum atomic E-state index is 13.2. The Hall–Kier alpha value is -2.98. The van der Waals surface area contributed by atoms with Gasteiger partial charge < -0.3 is 4.74 Å². The van der Waals surface area contributed by atoms with Crippen molar-refractivity contribution in [3.8, 4) is 0 Å². The Kier molecular flexibility index (Phi) is 5.44. The molecule has 0 spiro atoms. The fourth-order valence-electron chi connectivity index (χ4n) is 4.27. The van der Waals surface area contributed by atoms with Crippen LogP contribution in [0.2, 0.25) is 0 Å². The first-order valence-electron chi connectivity index (χ1n) is 10.00. The minimum absolute atomic E-state index is 0.0567. The number of aryl methyl sites for hydroxylation is 2. The van der Waals surface area contributed by atoms with Gasteiger partial charge in [-0.2, -0.15) is 4.31 Å². The van der Waals surface area contributed by atoms with E-state index in [0.717, 1.165) is 22.9 Å². The van der Waals surface area contributed by atoms with Crippen molar-refractivity contribution in [2.24, 2.45) is 0 Å². The average Bonchev–Trinajstić information content (AvgIpc) is 2.74. The number of ether oxygens (including phenoxy) is 1. The van der Waals surface area contributed by atoms with Gasteiger partial charge in [-0.05, 0) is 37.8 Å². The van der Waals surface area contributed by atoms with Crippen molar-refractivity contribution in [2.75, 3.05) is 18.0 Å². The van der Waals surface area contributed by atoms with Crippen molar-refractivity contribution in [2.45, 2.75) is 44.2 Å². The number of cyclic esters (lactones) is 1. The summed E-state index contributed by atoms with van der Waals surface area (Å²) in [6.45, 7) is 4.20. The number of benzene rings is 2. The third kappa shape index (κ3) is 3.77. The molecule has 9 nitrogen and oxygen atoms in total. The van der Waals surface area contributed by atoms with Gasteiger partial charge in [-0.3, -0.25) is 15.0 Å². The predicted octanol–water partition coefficient (Wildman–Crippen LogP) is 3.52. The molecule has 4 rings (SSSR count). The molecular weight excluding hydrogens is 422 g/mol. The van der Waals surface area contributed by atoms with Crippen LogP contribution in [-0.2, 0) is 21.4 Å². The van der Waals surface area contributed by atoms with Gasteiger partial charge in [0.1, 0.15) is 6.61 Å². The lowest BCUT2D eigenvalue weighted by Crippen LogP contribution is -2.50. The van der Waals surface area contributed by atoms with Crippen molar-refractivity contribution in [1.29, 1.82) is 0 Å². The van der Waals surface area contributed by atoms with Gasteiger partial charge in [0.25, 0.3) is 5.69 Å². The molecule has 0 aromatic heterocycles. The molecule has 2 aliphatic heterocycles. The van der Waals surface area contributed by atoms with Crippen LogP contribution in [0.1, 0.15) is 29.5 Å². The van der Waals surface area contributed by atoms with Crippen LogP contribution in [0, 0.1) is 24.0 Å². The first-order chi connectivity index (χ1) is 14.7. The molecule has 2 aliphatic rings. The number of amides is 1. The quantitative estimate of drug-likeness (QED) is 0.526. The molecule has 1 amide bonds. The van der Waals surface area contributed by atoms with E-state index >= 15 is 0 Å². The van der Waals surface area contributed by atoms with Gasteiger partial charge in [-0.15, -0.1) is 0 Å². The summed E-state index contributed by atoms with van der Waals surface area (Å²) in [4.78, 5) is 24.6. The summed E-state index contributed by atoms with van der Waals surface area (Å²) in [5, 5.41) is 11.1. The molecule has 0 aliphatic carbocycles. The van der Waals surface area contributed by atoms with Crippen LogP contribution < -0.4 is 4.90 Å². The zero-order valence-electron chi connectivity index (χ0n) is 17.3. The number of non-ortho nitro benzene ring substituents is 1. The first-order valence-corrected chi connectivity index (χ1v) is 11.4. The summed E-state index contributed by atoms with van der Waals surface area (Å²) in [5.41, 5.74) is 2.94. The van der Waals surface area contributed by atoms with Crippen LogP contribution in [0.5, 0.6) is 0 Å². The number of nitrogens with zero attached hydrogens (tertiary/aromatic N) is 3. The summed E-state index contributed by atoms with van der Waals surface area (Å²) >= 11 is 0. The van der Waals surface area contributed by atoms with E-state index in [1.807, 2.05) is 25.1 Å². The van der Waals surface area contributed by atoms with Crippen LogP contribution in [-0.4, -0.2) is 42.9 Å². The molecule has 1 saturated heterocycles. The van der Waals surface area contributed by atoms with Crippen molar-refractivity contribution in [3.05, 3.63) is 63.2 Å². The lowest BCUT2D eigenvalue weighted by atomic mass is 10.00. The number of rotatable bonds is 4. The number of nitro groups is 1. The molecule has 0 N–H and O–H groups in total. The minimum atomic E-state index is -3.89. The summed E-state index contributed by atoms with van der Waals surface area (Å²) < 4.78 is 33.0. The molecule has 164 valence electrons. The van der Waals surface area contributed by atoms with E-state index in [4.69, 9.17) is 4.74 Å². The minimum Gasteiger partial charge on any atom is -0.444 e. The maximum absolute atomic E-state index is 13.2. The zero-order valence-corrected chi connectivity index (χ0v) is 18.1. The monoisotopic (exact) mass is 445 g/mol. The van der Waals surface area contributed by atoms with Crippen molar-refractivity contribution in [3.63, 3.8) is 0 Å². The number of hydrogen-bond acceptors (Lipinski definition) is 6. The van der Waals surface area contributed by atoms with Gasteiger partial charge in [0.05, 0.1) is 15.5 Å². The lowest BCUT2D eigenvalue weighted by Gasteiger charge is -2.40. The van der Waals surface area contributed by atoms with Gasteiger partial charge >= 0.3 is 6.09 Å².